The number of rotatable bonds is 6. The number of benzene rings is 2. The Morgan fingerprint density at radius 2 is 1.96 bits per heavy atom. The summed E-state index contributed by atoms with van der Waals surface area (Å²) < 4.78 is 38.3. The third-order valence-electron chi connectivity index (χ3n) is 3.56. The van der Waals surface area contributed by atoms with Crippen LogP contribution in [0.3, 0.4) is 0 Å². The molecular formula is C16H15ClFN3O5S. The van der Waals surface area contributed by atoms with E-state index < -0.39 is 33.2 Å². The van der Waals surface area contributed by atoms with Crippen molar-refractivity contribution in [3.05, 3.63) is 62.9 Å². The fourth-order valence-corrected chi connectivity index (χ4v) is 3.35. The van der Waals surface area contributed by atoms with Crippen molar-refractivity contribution in [2.75, 3.05) is 22.4 Å². The molecule has 0 heterocycles. The van der Waals surface area contributed by atoms with E-state index in [4.69, 9.17) is 11.6 Å². The number of halogens is 2. The highest BCUT2D eigenvalue weighted by Crippen LogP contribution is 2.27. The van der Waals surface area contributed by atoms with Gasteiger partial charge in [0.1, 0.15) is 12.4 Å². The van der Waals surface area contributed by atoms with Crippen LogP contribution in [-0.4, -0.2) is 32.0 Å². The number of hydrogen-bond acceptors (Lipinski definition) is 5. The zero-order valence-electron chi connectivity index (χ0n) is 14.3. The van der Waals surface area contributed by atoms with Gasteiger partial charge in [-0.15, -0.1) is 0 Å². The lowest BCUT2D eigenvalue weighted by Gasteiger charge is -2.23. The minimum absolute atomic E-state index is 0.0130. The summed E-state index contributed by atoms with van der Waals surface area (Å²) in [6, 6.07) is 7.21. The molecule has 1 amide bonds. The van der Waals surface area contributed by atoms with Crippen molar-refractivity contribution >= 4 is 44.6 Å². The van der Waals surface area contributed by atoms with Crippen LogP contribution in [0.25, 0.3) is 0 Å². The highest BCUT2D eigenvalue weighted by atomic mass is 35.5. The molecule has 0 radical (unpaired) electrons. The molecule has 0 aliphatic rings. The SMILES string of the molecule is Cc1ccc([N+](=O)[O-])cc1N(CC(=O)Nc1ccc(F)c(Cl)c1)S(C)(=O)=O. The molecule has 0 spiro atoms. The molecule has 144 valence electrons. The van der Waals surface area contributed by atoms with Crippen molar-refractivity contribution in [1.29, 1.82) is 0 Å². The number of nitro groups is 1. The number of nitrogens with zero attached hydrogens (tertiary/aromatic N) is 2. The quantitative estimate of drug-likeness (QED) is 0.575. The first kappa shape index (κ1) is 20.6. The van der Waals surface area contributed by atoms with Crippen molar-refractivity contribution in [2.45, 2.75) is 6.92 Å². The van der Waals surface area contributed by atoms with E-state index in [0.717, 1.165) is 22.7 Å². The minimum atomic E-state index is -3.92. The van der Waals surface area contributed by atoms with Crippen molar-refractivity contribution in [2.24, 2.45) is 0 Å². The predicted octanol–water partition coefficient (Wildman–Crippen LogP) is 3.10. The van der Waals surface area contributed by atoms with Crippen molar-refractivity contribution in [1.82, 2.24) is 0 Å². The summed E-state index contributed by atoms with van der Waals surface area (Å²) in [6.07, 6.45) is 0.882. The molecule has 2 rings (SSSR count). The van der Waals surface area contributed by atoms with Gasteiger partial charge in [0.2, 0.25) is 15.9 Å². The standard InChI is InChI=1S/C16H15ClFN3O5S/c1-10-3-5-12(21(23)24)8-15(10)20(27(2,25)26)9-16(22)19-11-4-6-14(18)13(17)7-11/h3-8H,9H2,1-2H3,(H,19,22). The number of nitro benzene ring substituents is 1. The van der Waals surface area contributed by atoms with Crippen LogP contribution in [-0.2, 0) is 14.8 Å². The van der Waals surface area contributed by atoms with Gasteiger partial charge in [-0.25, -0.2) is 12.8 Å². The van der Waals surface area contributed by atoms with Crippen molar-refractivity contribution < 1.29 is 22.5 Å². The lowest BCUT2D eigenvalue weighted by molar-refractivity contribution is -0.384. The van der Waals surface area contributed by atoms with Gasteiger partial charge in [0.05, 0.1) is 21.9 Å². The fraction of sp³-hybridized carbons (Fsp3) is 0.188. The molecule has 2 aromatic carbocycles. The Kier molecular flexibility index (Phi) is 6.01. The second kappa shape index (κ2) is 7.89. The van der Waals surface area contributed by atoms with Crippen molar-refractivity contribution in [3.63, 3.8) is 0 Å². The number of aryl methyl sites for hydroxylation is 1. The fourth-order valence-electron chi connectivity index (χ4n) is 2.27. The monoisotopic (exact) mass is 415 g/mol. The summed E-state index contributed by atoms with van der Waals surface area (Å²) in [4.78, 5) is 22.6. The van der Waals surface area contributed by atoms with Gasteiger partial charge in [-0.3, -0.25) is 19.2 Å². The number of hydrogen-bond donors (Lipinski definition) is 1. The van der Waals surface area contributed by atoms with E-state index in [9.17, 15) is 27.7 Å². The van der Waals surface area contributed by atoms with Crippen LogP contribution in [0.15, 0.2) is 36.4 Å². The van der Waals surface area contributed by atoms with E-state index in [1.807, 2.05) is 0 Å². The van der Waals surface area contributed by atoms with E-state index in [1.54, 1.807) is 6.92 Å². The maximum absolute atomic E-state index is 13.2. The Bertz CT molecular complexity index is 1010. The van der Waals surface area contributed by atoms with Gasteiger partial charge in [-0.05, 0) is 30.7 Å². The van der Waals surface area contributed by atoms with E-state index >= 15 is 0 Å². The third-order valence-corrected chi connectivity index (χ3v) is 4.98. The van der Waals surface area contributed by atoms with Gasteiger partial charge in [-0.1, -0.05) is 17.7 Å². The van der Waals surface area contributed by atoms with Gasteiger partial charge >= 0.3 is 0 Å². The predicted molar refractivity (Wildman–Crippen MR) is 100 cm³/mol. The van der Waals surface area contributed by atoms with Crippen molar-refractivity contribution in [3.8, 4) is 0 Å². The third kappa shape index (κ3) is 5.14. The number of anilines is 2. The number of non-ortho nitro benzene ring substituents is 1. The molecule has 0 saturated carbocycles. The van der Waals surface area contributed by atoms with E-state index in [0.29, 0.717) is 5.56 Å². The first-order valence-corrected chi connectivity index (χ1v) is 9.69. The van der Waals surface area contributed by atoms with Crippen LogP contribution in [0.4, 0.5) is 21.5 Å². The molecule has 0 saturated heterocycles. The average molecular weight is 416 g/mol. The molecule has 0 aliphatic carbocycles. The molecule has 0 fully saturated rings. The summed E-state index contributed by atoms with van der Waals surface area (Å²) in [7, 11) is -3.92. The Morgan fingerprint density at radius 1 is 1.30 bits per heavy atom. The molecule has 27 heavy (non-hydrogen) atoms. The molecule has 1 N–H and O–H groups in total. The number of carbonyl (C=O) groups excluding carboxylic acids is 1. The van der Waals surface area contributed by atoms with Gasteiger partial charge in [0.25, 0.3) is 5.69 Å². The molecule has 8 nitrogen and oxygen atoms in total. The lowest BCUT2D eigenvalue weighted by Crippen LogP contribution is -2.37. The maximum atomic E-state index is 13.2. The summed E-state index contributed by atoms with van der Waals surface area (Å²) in [5.41, 5.74) is 0.313. The number of nitrogens with one attached hydrogen (secondary N) is 1. The lowest BCUT2D eigenvalue weighted by atomic mass is 10.2. The number of amides is 1. The first-order chi connectivity index (χ1) is 12.5. The number of sulfonamides is 1. The van der Waals surface area contributed by atoms with E-state index in [-0.39, 0.29) is 22.1 Å². The summed E-state index contributed by atoms with van der Waals surface area (Å²) in [5, 5.41) is 13.2. The van der Waals surface area contributed by atoms with Gasteiger partial charge in [-0.2, -0.15) is 0 Å². The van der Waals surface area contributed by atoms with E-state index in [2.05, 4.69) is 5.32 Å². The maximum Gasteiger partial charge on any atom is 0.271 e. The summed E-state index contributed by atoms with van der Waals surface area (Å²) >= 11 is 5.64. The Hall–Kier alpha value is -2.72. The topological polar surface area (TPSA) is 110 Å². The highest BCUT2D eigenvalue weighted by molar-refractivity contribution is 7.92. The normalized spacial score (nSPS) is 11.1. The van der Waals surface area contributed by atoms with Gasteiger partial charge in [0.15, 0.2) is 0 Å². The molecule has 0 bridgehead atoms. The van der Waals surface area contributed by atoms with Crippen LogP contribution in [0, 0.1) is 22.9 Å². The Balaban J connectivity index is 2.33. The van der Waals surface area contributed by atoms with Crippen LogP contribution in [0.2, 0.25) is 5.02 Å². The molecule has 0 unspecified atom stereocenters. The van der Waals surface area contributed by atoms with Crippen LogP contribution < -0.4 is 9.62 Å². The molecule has 0 aromatic heterocycles. The second-order valence-electron chi connectivity index (χ2n) is 5.67. The molecule has 0 aliphatic heterocycles. The zero-order chi connectivity index (χ0) is 20.4. The smallest absolute Gasteiger partial charge is 0.271 e. The minimum Gasteiger partial charge on any atom is -0.324 e. The van der Waals surface area contributed by atoms with Gasteiger partial charge in [0, 0.05) is 17.8 Å². The Morgan fingerprint density at radius 3 is 2.52 bits per heavy atom. The van der Waals surface area contributed by atoms with Crippen LogP contribution in [0.1, 0.15) is 5.56 Å². The van der Waals surface area contributed by atoms with Gasteiger partial charge < -0.3 is 5.32 Å². The summed E-state index contributed by atoms with van der Waals surface area (Å²) in [6.45, 7) is 0.935. The molecule has 2 aromatic rings. The largest absolute Gasteiger partial charge is 0.324 e. The van der Waals surface area contributed by atoms with E-state index in [1.165, 1.54) is 24.3 Å². The Labute approximate surface area is 159 Å². The second-order valence-corrected chi connectivity index (χ2v) is 7.99. The summed E-state index contributed by atoms with van der Waals surface area (Å²) in [5.74, 6) is -1.39. The first-order valence-electron chi connectivity index (χ1n) is 7.46. The highest BCUT2D eigenvalue weighted by Gasteiger charge is 2.24. The zero-order valence-corrected chi connectivity index (χ0v) is 15.8. The molecule has 11 heteroatoms. The average Bonchev–Trinajstić information content (AvgIpc) is 2.55. The number of carbonyl (C=O) groups is 1. The molecule has 0 atom stereocenters. The van der Waals surface area contributed by atoms with Crippen LogP contribution in [0.5, 0.6) is 0 Å². The van der Waals surface area contributed by atoms with Crippen LogP contribution >= 0.6 is 11.6 Å². The molecular weight excluding hydrogens is 401 g/mol.